The first kappa shape index (κ1) is 17.8. The van der Waals surface area contributed by atoms with Crippen molar-refractivity contribution in [1.82, 2.24) is 10.2 Å². The average Bonchev–Trinajstić information content (AvgIpc) is 2.36. The Bertz CT molecular complexity index is 497. The van der Waals surface area contributed by atoms with E-state index in [1.807, 2.05) is 37.3 Å². The van der Waals surface area contributed by atoms with Crippen LogP contribution in [-0.4, -0.2) is 42.3 Å². The van der Waals surface area contributed by atoms with Gasteiger partial charge in [0, 0.05) is 25.3 Å². The molecule has 0 unspecified atom stereocenters. The molecule has 3 amide bonds. The summed E-state index contributed by atoms with van der Waals surface area (Å²) >= 11 is 0. The largest absolute Gasteiger partial charge is 0.444 e. The van der Waals surface area contributed by atoms with Gasteiger partial charge in [-0.25, -0.2) is 9.59 Å². The Labute approximate surface area is 131 Å². The predicted molar refractivity (Wildman–Crippen MR) is 86.9 cm³/mol. The van der Waals surface area contributed by atoms with Gasteiger partial charge in [0.2, 0.25) is 0 Å². The highest BCUT2D eigenvalue weighted by Gasteiger charge is 2.19. The molecule has 2 N–H and O–H groups in total. The molecule has 6 nitrogen and oxygen atoms in total. The Morgan fingerprint density at radius 2 is 1.82 bits per heavy atom. The molecule has 0 aliphatic rings. The monoisotopic (exact) mass is 307 g/mol. The van der Waals surface area contributed by atoms with Gasteiger partial charge in [-0.2, -0.15) is 0 Å². The molecule has 22 heavy (non-hydrogen) atoms. The second kappa shape index (κ2) is 7.68. The molecule has 1 rings (SSSR count). The van der Waals surface area contributed by atoms with Gasteiger partial charge in [0.05, 0.1) is 0 Å². The lowest BCUT2D eigenvalue weighted by Crippen LogP contribution is -2.45. The van der Waals surface area contributed by atoms with Crippen LogP contribution in [0.25, 0.3) is 0 Å². The quantitative estimate of drug-likeness (QED) is 0.898. The smallest absolute Gasteiger partial charge is 0.407 e. The number of hydrogen-bond donors (Lipinski definition) is 2. The number of carbonyl (C=O) groups is 2. The fourth-order valence-electron chi connectivity index (χ4n) is 1.79. The van der Waals surface area contributed by atoms with Gasteiger partial charge in [-0.1, -0.05) is 18.2 Å². The van der Waals surface area contributed by atoms with E-state index in [0.29, 0.717) is 6.54 Å². The van der Waals surface area contributed by atoms with E-state index in [9.17, 15) is 9.59 Å². The number of anilines is 1. The standard InChI is InChI=1S/C16H25N3O3/c1-12(17-15(21)22-16(2,3)4)11-19(5)14(20)18-13-9-7-6-8-10-13/h6-10,12H,11H2,1-5H3,(H,17,21)(H,18,20)/t12-/m0/s1. The Kier molecular flexibility index (Phi) is 6.22. The fourth-order valence-corrected chi connectivity index (χ4v) is 1.79. The van der Waals surface area contributed by atoms with Gasteiger partial charge in [0.1, 0.15) is 5.60 Å². The van der Waals surface area contributed by atoms with E-state index < -0.39 is 11.7 Å². The number of para-hydroxylation sites is 1. The Balaban J connectivity index is 2.41. The maximum Gasteiger partial charge on any atom is 0.407 e. The van der Waals surface area contributed by atoms with Crippen LogP contribution in [0, 0.1) is 0 Å². The SMILES string of the molecule is C[C@@H](CN(C)C(=O)Nc1ccccc1)NC(=O)OC(C)(C)C. The molecule has 1 atom stereocenters. The molecule has 1 aromatic carbocycles. The van der Waals surface area contributed by atoms with Gasteiger partial charge in [-0.15, -0.1) is 0 Å². The molecule has 0 radical (unpaired) electrons. The van der Waals surface area contributed by atoms with E-state index in [-0.39, 0.29) is 12.1 Å². The van der Waals surface area contributed by atoms with Gasteiger partial charge >= 0.3 is 12.1 Å². The highest BCUT2D eigenvalue weighted by Crippen LogP contribution is 2.08. The lowest BCUT2D eigenvalue weighted by atomic mass is 10.2. The molecule has 6 heteroatoms. The van der Waals surface area contributed by atoms with Crippen molar-refractivity contribution in [2.45, 2.75) is 39.3 Å². The molecule has 0 spiro atoms. The summed E-state index contributed by atoms with van der Waals surface area (Å²) in [7, 11) is 1.67. The van der Waals surface area contributed by atoms with E-state index in [4.69, 9.17) is 4.74 Å². The van der Waals surface area contributed by atoms with E-state index in [0.717, 1.165) is 5.69 Å². The fraction of sp³-hybridized carbons (Fsp3) is 0.500. The third-order valence-electron chi connectivity index (χ3n) is 2.68. The molecule has 0 aromatic heterocycles. The van der Waals surface area contributed by atoms with Crippen LogP contribution >= 0.6 is 0 Å². The van der Waals surface area contributed by atoms with Crippen molar-refractivity contribution in [3.05, 3.63) is 30.3 Å². The van der Waals surface area contributed by atoms with Crippen LogP contribution in [0.15, 0.2) is 30.3 Å². The second-order valence-corrected chi connectivity index (χ2v) is 6.22. The van der Waals surface area contributed by atoms with Gasteiger partial charge in [-0.05, 0) is 39.8 Å². The summed E-state index contributed by atoms with van der Waals surface area (Å²) in [5.74, 6) is 0. The summed E-state index contributed by atoms with van der Waals surface area (Å²) in [6, 6.07) is 8.75. The first-order valence-corrected chi connectivity index (χ1v) is 7.24. The van der Waals surface area contributed by atoms with Gasteiger partial charge < -0.3 is 20.3 Å². The zero-order chi connectivity index (χ0) is 16.8. The Morgan fingerprint density at radius 3 is 2.36 bits per heavy atom. The predicted octanol–water partition coefficient (Wildman–Crippen LogP) is 3.06. The number of ether oxygens (including phenoxy) is 1. The van der Waals surface area contributed by atoms with Gasteiger partial charge in [0.15, 0.2) is 0 Å². The zero-order valence-corrected chi connectivity index (χ0v) is 13.8. The molecule has 122 valence electrons. The Morgan fingerprint density at radius 1 is 1.23 bits per heavy atom. The van der Waals surface area contributed by atoms with Crippen molar-refractivity contribution in [3.8, 4) is 0 Å². The van der Waals surface area contributed by atoms with Crippen molar-refractivity contribution in [3.63, 3.8) is 0 Å². The van der Waals surface area contributed by atoms with E-state index in [1.54, 1.807) is 27.8 Å². The number of benzene rings is 1. The highest BCUT2D eigenvalue weighted by atomic mass is 16.6. The number of rotatable bonds is 4. The molecule has 0 aliphatic carbocycles. The van der Waals surface area contributed by atoms with Crippen molar-refractivity contribution in [2.24, 2.45) is 0 Å². The minimum atomic E-state index is -0.541. The van der Waals surface area contributed by atoms with Crippen LogP contribution in [0.1, 0.15) is 27.7 Å². The van der Waals surface area contributed by atoms with Crippen molar-refractivity contribution >= 4 is 17.8 Å². The third kappa shape index (κ3) is 6.97. The summed E-state index contributed by atoms with van der Waals surface area (Å²) in [5, 5.41) is 5.48. The normalized spacial score (nSPS) is 12.2. The average molecular weight is 307 g/mol. The maximum absolute atomic E-state index is 12.0. The number of amides is 3. The van der Waals surface area contributed by atoms with Crippen LogP contribution < -0.4 is 10.6 Å². The minimum absolute atomic E-state index is 0.221. The van der Waals surface area contributed by atoms with E-state index in [2.05, 4.69) is 10.6 Å². The number of alkyl carbamates (subject to hydrolysis) is 1. The number of carbonyl (C=O) groups excluding carboxylic acids is 2. The zero-order valence-electron chi connectivity index (χ0n) is 13.8. The summed E-state index contributed by atoms with van der Waals surface area (Å²) in [6.45, 7) is 7.60. The second-order valence-electron chi connectivity index (χ2n) is 6.22. The number of nitrogens with zero attached hydrogens (tertiary/aromatic N) is 1. The van der Waals surface area contributed by atoms with Gasteiger partial charge in [-0.3, -0.25) is 0 Å². The summed E-state index contributed by atoms with van der Waals surface area (Å²) in [4.78, 5) is 25.2. The summed E-state index contributed by atoms with van der Waals surface area (Å²) in [5.41, 5.74) is 0.188. The number of hydrogen-bond acceptors (Lipinski definition) is 3. The molecular formula is C16H25N3O3. The van der Waals surface area contributed by atoms with Crippen molar-refractivity contribution in [1.29, 1.82) is 0 Å². The van der Waals surface area contributed by atoms with Crippen LogP contribution in [0.2, 0.25) is 0 Å². The van der Waals surface area contributed by atoms with Gasteiger partial charge in [0.25, 0.3) is 0 Å². The maximum atomic E-state index is 12.0. The molecule has 0 heterocycles. The molecular weight excluding hydrogens is 282 g/mol. The molecule has 0 fully saturated rings. The van der Waals surface area contributed by atoms with Crippen LogP contribution in [0.5, 0.6) is 0 Å². The lowest BCUT2D eigenvalue weighted by Gasteiger charge is -2.25. The topological polar surface area (TPSA) is 70.7 Å². The number of nitrogens with one attached hydrogen (secondary N) is 2. The lowest BCUT2D eigenvalue weighted by molar-refractivity contribution is 0.0502. The number of likely N-dealkylation sites (N-methyl/N-ethyl adjacent to an activating group) is 1. The van der Waals surface area contributed by atoms with Crippen molar-refractivity contribution in [2.75, 3.05) is 18.9 Å². The minimum Gasteiger partial charge on any atom is -0.444 e. The van der Waals surface area contributed by atoms with Crippen LogP contribution in [0.4, 0.5) is 15.3 Å². The molecule has 0 aliphatic heterocycles. The first-order chi connectivity index (χ1) is 10.2. The van der Waals surface area contributed by atoms with Crippen molar-refractivity contribution < 1.29 is 14.3 Å². The summed E-state index contributed by atoms with van der Waals surface area (Å²) < 4.78 is 5.18. The molecule has 0 saturated heterocycles. The first-order valence-electron chi connectivity index (χ1n) is 7.24. The van der Waals surface area contributed by atoms with Crippen LogP contribution in [0.3, 0.4) is 0 Å². The third-order valence-corrected chi connectivity index (χ3v) is 2.68. The molecule has 1 aromatic rings. The number of urea groups is 1. The highest BCUT2D eigenvalue weighted by molar-refractivity contribution is 5.89. The van der Waals surface area contributed by atoms with Crippen LogP contribution in [-0.2, 0) is 4.74 Å². The summed E-state index contributed by atoms with van der Waals surface area (Å²) in [6.07, 6.45) is -0.489. The van der Waals surface area contributed by atoms with E-state index >= 15 is 0 Å². The Hall–Kier alpha value is -2.24. The molecule has 0 bridgehead atoms. The van der Waals surface area contributed by atoms with E-state index in [1.165, 1.54) is 4.90 Å². The molecule has 0 saturated carbocycles.